The van der Waals surface area contributed by atoms with E-state index < -0.39 is 6.04 Å². The third kappa shape index (κ3) is 5.17. The van der Waals surface area contributed by atoms with Crippen molar-refractivity contribution in [2.24, 2.45) is 13.0 Å². The molecule has 1 fully saturated rings. The number of hydrogen-bond acceptors (Lipinski definition) is 6. The van der Waals surface area contributed by atoms with Gasteiger partial charge in [-0.25, -0.2) is 9.97 Å². The summed E-state index contributed by atoms with van der Waals surface area (Å²) in [6.07, 6.45) is 9.63. The molecule has 1 saturated carbocycles. The molecule has 9 heteroatoms. The SMILES string of the molecule is CC(NC(=O)CC1CCCCC1)C(=O)NCCNc1ncnc2c1cnn2C. The van der Waals surface area contributed by atoms with Crippen molar-refractivity contribution < 1.29 is 9.59 Å². The molecule has 1 unspecified atom stereocenters. The number of aromatic nitrogens is 4. The molecule has 0 spiro atoms. The average Bonchev–Trinajstić information content (AvgIpc) is 3.07. The summed E-state index contributed by atoms with van der Waals surface area (Å²) in [5.41, 5.74) is 0.746. The van der Waals surface area contributed by atoms with Crippen molar-refractivity contribution in [1.82, 2.24) is 30.4 Å². The molecule has 0 bridgehead atoms. The van der Waals surface area contributed by atoms with E-state index in [9.17, 15) is 9.59 Å². The molecule has 0 aromatic carbocycles. The maximum Gasteiger partial charge on any atom is 0.242 e. The van der Waals surface area contributed by atoms with Crippen LogP contribution in [0.3, 0.4) is 0 Å². The molecule has 2 heterocycles. The summed E-state index contributed by atoms with van der Waals surface area (Å²) in [5.74, 6) is 0.923. The first-order valence-corrected chi connectivity index (χ1v) is 9.98. The van der Waals surface area contributed by atoms with E-state index in [1.54, 1.807) is 17.8 Å². The standard InChI is InChI=1S/C19H29N7O2/c1-13(25-16(27)10-14-6-4-3-5-7-14)19(28)21-9-8-20-17-15-11-24-26(2)18(15)23-12-22-17/h11-14H,3-10H2,1-2H3,(H,21,28)(H,25,27)(H,20,22,23). The van der Waals surface area contributed by atoms with Crippen LogP contribution in [0.2, 0.25) is 0 Å². The van der Waals surface area contributed by atoms with Crippen LogP contribution >= 0.6 is 0 Å². The fourth-order valence-corrected chi connectivity index (χ4v) is 3.64. The predicted molar refractivity (Wildman–Crippen MR) is 107 cm³/mol. The van der Waals surface area contributed by atoms with Crippen molar-refractivity contribution in [3.8, 4) is 0 Å². The molecular weight excluding hydrogens is 358 g/mol. The van der Waals surface area contributed by atoms with Crippen molar-refractivity contribution >= 4 is 28.7 Å². The van der Waals surface area contributed by atoms with Crippen molar-refractivity contribution in [1.29, 1.82) is 0 Å². The quantitative estimate of drug-likeness (QED) is 0.590. The Kier molecular flexibility index (Phi) is 6.78. The van der Waals surface area contributed by atoms with E-state index in [1.165, 1.54) is 25.6 Å². The van der Waals surface area contributed by atoms with Crippen LogP contribution in [0.1, 0.15) is 45.4 Å². The smallest absolute Gasteiger partial charge is 0.242 e. The molecule has 28 heavy (non-hydrogen) atoms. The monoisotopic (exact) mass is 387 g/mol. The molecule has 3 rings (SSSR count). The van der Waals surface area contributed by atoms with Crippen LogP contribution in [0.25, 0.3) is 11.0 Å². The number of hydrogen-bond donors (Lipinski definition) is 3. The lowest BCUT2D eigenvalue weighted by Gasteiger charge is -2.22. The molecular formula is C19H29N7O2. The zero-order valence-corrected chi connectivity index (χ0v) is 16.6. The van der Waals surface area contributed by atoms with Gasteiger partial charge in [0.2, 0.25) is 11.8 Å². The van der Waals surface area contributed by atoms with Crippen LogP contribution < -0.4 is 16.0 Å². The maximum absolute atomic E-state index is 12.2. The van der Waals surface area contributed by atoms with Crippen LogP contribution in [0.4, 0.5) is 5.82 Å². The van der Waals surface area contributed by atoms with Crippen LogP contribution in [-0.2, 0) is 16.6 Å². The number of anilines is 1. The van der Waals surface area contributed by atoms with Gasteiger partial charge in [0.15, 0.2) is 5.65 Å². The number of amides is 2. The van der Waals surface area contributed by atoms with E-state index in [4.69, 9.17) is 0 Å². The predicted octanol–water partition coefficient (Wildman–Crippen LogP) is 1.37. The maximum atomic E-state index is 12.2. The van der Waals surface area contributed by atoms with Gasteiger partial charge in [-0.1, -0.05) is 19.3 Å². The zero-order chi connectivity index (χ0) is 19.9. The summed E-state index contributed by atoms with van der Waals surface area (Å²) in [4.78, 5) is 32.8. The highest BCUT2D eigenvalue weighted by atomic mass is 16.2. The van der Waals surface area contributed by atoms with Gasteiger partial charge in [0.1, 0.15) is 18.2 Å². The number of carbonyl (C=O) groups is 2. The average molecular weight is 387 g/mol. The van der Waals surface area contributed by atoms with Gasteiger partial charge >= 0.3 is 0 Å². The third-order valence-electron chi connectivity index (χ3n) is 5.22. The highest BCUT2D eigenvalue weighted by Gasteiger charge is 2.20. The van der Waals surface area contributed by atoms with Gasteiger partial charge in [0.25, 0.3) is 0 Å². The van der Waals surface area contributed by atoms with E-state index in [0.29, 0.717) is 31.2 Å². The Labute approximate surface area is 164 Å². The molecule has 152 valence electrons. The lowest BCUT2D eigenvalue weighted by atomic mass is 9.87. The largest absolute Gasteiger partial charge is 0.368 e. The van der Waals surface area contributed by atoms with E-state index in [1.807, 2.05) is 7.05 Å². The third-order valence-corrected chi connectivity index (χ3v) is 5.22. The second-order valence-corrected chi connectivity index (χ2v) is 7.44. The van der Waals surface area contributed by atoms with Gasteiger partial charge < -0.3 is 16.0 Å². The molecule has 2 amide bonds. The molecule has 0 aliphatic heterocycles. The van der Waals surface area contributed by atoms with Crippen LogP contribution in [-0.4, -0.2) is 50.7 Å². The van der Waals surface area contributed by atoms with E-state index in [0.717, 1.165) is 23.9 Å². The van der Waals surface area contributed by atoms with E-state index in [2.05, 4.69) is 31.0 Å². The molecule has 1 aliphatic rings. The van der Waals surface area contributed by atoms with Crippen molar-refractivity contribution in [2.45, 2.75) is 51.5 Å². The Morgan fingerprint density at radius 1 is 1.21 bits per heavy atom. The first-order valence-electron chi connectivity index (χ1n) is 9.98. The lowest BCUT2D eigenvalue weighted by molar-refractivity contribution is -0.129. The number of aryl methyl sites for hydroxylation is 1. The van der Waals surface area contributed by atoms with Crippen molar-refractivity contribution in [3.05, 3.63) is 12.5 Å². The molecule has 1 aliphatic carbocycles. The van der Waals surface area contributed by atoms with Gasteiger partial charge in [-0.05, 0) is 25.7 Å². The number of carbonyl (C=O) groups excluding carboxylic acids is 2. The molecule has 0 saturated heterocycles. The Balaban J connectivity index is 1.38. The number of nitrogens with one attached hydrogen (secondary N) is 3. The zero-order valence-electron chi connectivity index (χ0n) is 16.6. The first kappa shape index (κ1) is 20.0. The topological polar surface area (TPSA) is 114 Å². The van der Waals surface area contributed by atoms with Gasteiger partial charge in [-0.15, -0.1) is 0 Å². The number of rotatable bonds is 8. The highest BCUT2D eigenvalue weighted by Crippen LogP contribution is 2.26. The minimum Gasteiger partial charge on any atom is -0.368 e. The van der Waals surface area contributed by atoms with Gasteiger partial charge in [-0.3, -0.25) is 14.3 Å². The fourth-order valence-electron chi connectivity index (χ4n) is 3.64. The summed E-state index contributed by atoms with van der Waals surface area (Å²) >= 11 is 0. The second kappa shape index (κ2) is 9.48. The minimum absolute atomic E-state index is 0.0346. The summed E-state index contributed by atoms with van der Waals surface area (Å²) < 4.78 is 1.68. The second-order valence-electron chi connectivity index (χ2n) is 7.44. The minimum atomic E-state index is -0.542. The molecule has 3 N–H and O–H groups in total. The Morgan fingerprint density at radius 2 is 2.00 bits per heavy atom. The molecule has 1 atom stereocenters. The van der Waals surface area contributed by atoms with Crippen LogP contribution in [0.15, 0.2) is 12.5 Å². The van der Waals surface area contributed by atoms with Gasteiger partial charge in [0.05, 0.1) is 11.6 Å². The van der Waals surface area contributed by atoms with E-state index >= 15 is 0 Å². The Morgan fingerprint density at radius 3 is 2.79 bits per heavy atom. The fraction of sp³-hybridized carbons (Fsp3) is 0.632. The summed E-state index contributed by atoms with van der Waals surface area (Å²) in [5, 5.41) is 13.8. The van der Waals surface area contributed by atoms with Crippen LogP contribution in [0, 0.1) is 5.92 Å². The Hall–Kier alpha value is -2.71. The lowest BCUT2D eigenvalue weighted by Crippen LogP contribution is -2.46. The summed E-state index contributed by atoms with van der Waals surface area (Å²) in [7, 11) is 1.82. The summed E-state index contributed by atoms with van der Waals surface area (Å²) in [6.45, 7) is 2.65. The molecule has 9 nitrogen and oxygen atoms in total. The van der Waals surface area contributed by atoms with Crippen molar-refractivity contribution in [3.63, 3.8) is 0 Å². The van der Waals surface area contributed by atoms with Crippen LogP contribution in [0.5, 0.6) is 0 Å². The number of nitrogens with zero attached hydrogens (tertiary/aromatic N) is 4. The molecule has 2 aromatic rings. The van der Waals surface area contributed by atoms with Gasteiger partial charge in [0, 0.05) is 26.6 Å². The highest BCUT2D eigenvalue weighted by molar-refractivity contribution is 5.87. The van der Waals surface area contributed by atoms with Crippen molar-refractivity contribution in [2.75, 3.05) is 18.4 Å². The first-order chi connectivity index (χ1) is 13.5. The summed E-state index contributed by atoms with van der Waals surface area (Å²) in [6, 6.07) is -0.542. The van der Waals surface area contributed by atoms with E-state index in [-0.39, 0.29) is 11.8 Å². The number of fused-ring (bicyclic) bond motifs is 1. The van der Waals surface area contributed by atoms with Gasteiger partial charge in [-0.2, -0.15) is 5.10 Å². The molecule has 2 aromatic heterocycles. The Bertz CT molecular complexity index is 814. The molecule has 0 radical (unpaired) electrons. The normalized spacial score (nSPS) is 15.9.